The zero-order valence-electron chi connectivity index (χ0n) is 15.1. The van der Waals surface area contributed by atoms with Gasteiger partial charge in [0.25, 0.3) is 0 Å². The molecular weight excluding hydrogens is 389 g/mol. The number of carboxylic acid groups (broad SMARTS) is 1. The van der Waals surface area contributed by atoms with Crippen LogP contribution in [0.5, 0.6) is 5.75 Å². The van der Waals surface area contributed by atoms with E-state index in [-0.39, 0.29) is 36.5 Å². The first-order valence-corrected chi connectivity index (χ1v) is 10.1. The van der Waals surface area contributed by atoms with Crippen LogP contribution in [-0.4, -0.2) is 38.2 Å². The summed E-state index contributed by atoms with van der Waals surface area (Å²) >= 11 is 0. The predicted molar refractivity (Wildman–Crippen MR) is 98.0 cm³/mol. The Balaban J connectivity index is 1.72. The second kappa shape index (κ2) is 7.86. The van der Waals surface area contributed by atoms with Gasteiger partial charge in [-0.05, 0) is 48.9 Å². The third-order valence-electron chi connectivity index (χ3n) is 4.55. The summed E-state index contributed by atoms with van der Waals surface area (Å²) in [6, 6.07) is 11.5. The molecule has 1 aliphatic rings. The number of hydrogen-bond donors (Lipinski definition) is 2. The van der Waals surface area contributed by atoms with E-state index in [1.807, 2.05) is 0 Å². The van der Waals surface area contributed by atoms with E-state index in [4.69, 9.17) is 9.47 Å². The van der Waals surface area contributed by atoms with E-state index in [2.05, 4.69) is 4.72 Å². The summed E-state index contributed by atoms with van der Waals surface area (Å²) in [6.45, 7) is 1.73. The van der Waals surface area contributed by atoms with Crippen molar-refractivity contribution in [1.82, 2.24) is 4.72 Å². The fourth-order valence-electron chi connectivity index (χ4n) is 2.88. The number of ether oxygens (including phenoxy) is 2. The van der Waals surface area contributed by atoms with Gasteiger partial charge in [-0.15, -0.1) is 0 Å². The quantitative estimate of drug-likeness (QED) is 0.729. The zero-order valence-corrected chi connectivity index (χ0v) is 15.9. The van der Waals surface area contributed by atoms with Gasteiger partial charge < -0.3 is 14.6 Å². The zero-order chi connectivity index (χ0) is 20.4. The van der Waals surface area contributed by atoms with Gasteiger partial charge in [-0.25, -0.2) is 12.8 Å². The van der Waals surface area contributed by atoms with Gasteiger partial charge >= 0.3 is 5.97 Å². The molecule has 3 rings (SSSR count). The maximum Gasteiger partial charge on any atom is 0.327 e. The fraction of sp³-hybridized carbons (Fsp3) is 0.316. The highest BCUT2D eigenvalue weighted by molar-refractivity contribution is 7.89. The summed E-state index contributed by atoms with van der Waals surface area (Å²) in [7, 11) is -4.06. The number of carboxylic acids is 1. The first kappa shape index (κ1) is 20.2. The van der Waals surface area contributed by atoms with Crippen LogP contribution in [0, 0.1) is 5.82 Å². The fourth-order valence-corrected chi connectivity index (χ4v) is 4.25. The SMILES string of the molecule is CC(Oc1ccc(S(=O)(=O)NC2(C(=O)O)CCOC2)cc1)c1ccc(F)cc1. The summed E-state index contributed by atoms with van der Waals surface area (Å²) in [6.07, 6.45) is -0.315. The van der Waals surface area contributed by atoms with Crippen LogP contribution >= 0.6 is 0 Å². The molecule has 0 bridgehead atoms. The molecule has 0 aromatic heterocycles. The van der Waals surface area contributed by atoms with Crippen molar-refractivity contribution < 1.29 is 32.2 Å². The molecule has 1 fully saturated rings. The number of rotatable bonds is 7. The molecule has 0 radical (unpaired) electrons. The van der Waals surface area contributed by atoms with Gasteiger partial charge in [-0.2, -0.15) is 4.72 Å². The van der Waals surface area contributed by atoms with E-state index in [0.717, 1.165) is 5.56 Å². The molecule has 0 spiro atoms. The van der Waals surface area contributed by atoms with Crippen molar-refractivity contribution in [2.45, 2.75) is 29.9 Å². The molecule has 2 aromatic carbocycles. The molecule has 7 nitrogen and oxygen atoms in total. The Morgan fingerprint density at radius 1 is 1.21 bits per heavy atom. The Labute approximate surface area is 162 Å². The highest BCUT2D eigenvalue weighted by Gasteiger charge is 2.46. The van der Waals surface area contributed by atoms with Crippen molar-refractivity contribution in [3.8, 4) is 5.75 Å². The number of halogens is 1. The molecule has 0 saturated carbocycles. The van der Waals surface area contributed by atoms with Gasteiger partial charge in [-0.1, -0.05) is 12.1 Å². The van der Waals surface area contributed by atoms with Gasteiger partial charge in [0.15, 0.2) is 5.54 Å². The second-order valence-corrected chi connectivity index (χ2v) is 8.26. The van der Waals surface area contributed by atoms with Crippen molar-refractivity contribution in [1.29, 1.82) is 0 Å². The van der Waals surface area contributed by atoms with Crippen molar-refractivity contribution >= 4 is 16.0 Å². The molecule has 1 aliphatic heterocycles. The number of hydrogen-bond acceptors (Lipinski definition) is 5. The lowest BCUT2D eigenvalue weighted by molar-refractivity contribution is -0.144. The highest BCUT2D eigenvalue weighted by atomic mass is 32.2. The Hall–Kier alpha value is -2.49. The standard InChI is InChI=1S/C19H20FNO6S/c1-13(14-2-4-15(20)5-3-14)27-16-6-8-17(9-7-16)28(24,25)21-19(18(22)23)10-11-26-12-19/h2-9,13,21H,10-12H2,1H3,(H,22,23). The first-order valence-electron chi connectivity index (χ1n) is 8.59. The van der Waals surface area contributed by atoms with Crippen LogP contribution in [0.4, 0.5) is 4.39 Å². The molecular formula is C19H20FNO6S. The number of benzene rings is 2. The van der Waals surface area contributed by atoms with E-state index in [9.17, 15) is 22.7 Å². The Morgan fingerprint density at radius 3 is 2.39 bits per heavy atom. The number of aliphatic carboxylic acids is 1. The third-order valence-corrected chi connectivity index (χ3v) is 6.10. The average molecular weight is 409 g/mol. The highest BCUT2D eigenvalue weighted by Crippen LogP contribution is 2.26. The van der Waals surface area contributed by atoms with Crippen LogP contribution in [0.3, 0.4) is 0 Å². The normalized spacial score (nSPS) is 20.6. The van der Waals surface area contributed by atoms with Crippen LogP contribution in [0.2, 0.25) is 0 Å². The molecule has 28 heavy (non-hydrogen) atoms. The number of nitrogens with one attached hydrogen (secondary N) is 1. The summed E-state index contributed by atoms with van der Waals surface area (Å²) in [5, 5.41) is 9.39. The lowest BCUT2D eigenvalue weighted by Crippen LogP contribution is -2.54. The van der Waals surface area contributed by atoms with Gasteiger partial charge in [0.2, 0.25) is 10.0 Å². The topological polar surface area (TPSA) is 102 Å². The predicted octanol–water partition coefficient (Wildman–Crippen LogP) is 2.49. The molecule has 2 N–H and O–H groups in total. The lowest BCUT2D eigenvalue weighted by atomic mass is 10.0. The molecule has 150 valence electrons. The minimum Gasteiger partial charge on any atom is -0.486 e. The van der Waals surface area contributed by atoms with E-state index in [0.29, 0.717) is 5.75 Å². The summed E-state index contributed by atoms with van der Waals surface area (Å²) in [5.41, 5.74) is -0.894. The summed E-state index contributed by atoms with van der Waals surface area (Å²) in [4.78, 5) is 11.4. The van der Waals surface area contributed by atoms with Gasteiger partial charge in [0.05, 0.1) is 11.5 Å². The van der Waals surface area contributed by atoms with Gasteiger partial charge in [0, 0.05) is 13.0 Å². The van der Waals surface area contributed by atoms with E-state index in [1.165, 1.54) is 36.4 Å². The molecule has 0 aliphatic carbocycles. The Morgan fingerprint density at radius 2 is 1.86 bits per heavy atom. The first-order chi connectivity index (χ1) is 13.2. The maximum absolute atomic E-state index is 13.0. The smallest absolute Gasteiger partial charge is 0.327 e. The van der Waals surface area contributed by atoms with Crippen LogP contribution < -0.4 is 9.46 Å². The Bertz CT molecular complexity index is 937. The molecule has 0 amide bonds. The van der Waals surface area contributed by atoms with Gasteiger partial charge in [0.1, 0.15) is 17.7 Å². The minimum absolute atomic E-state index is 0.0535. The molecule has 1 heterocycles. The Kier molecular flexibility index (Phi) is 5.69. The number of sulfonamides is 1. The van der Waals surface area contributed by atoms with Gasteiger partial charge in [-0.3, -0.25) is 4.79 Å². The molecule has 2 aromatic rings. The minimum atomic E-state index is -4.06. The maximum atomic E-state index is 13.0. The molecule has 2 unspecified atom stereocenters. The van der Waals surface area contributed by atoms with Crippen molar-refractivity contribution in [3.63, 3.8) is 0 Å². The van der Waals surface area contributed by atoms with Crippen LogP contribution in [-0.2, 0) is 19.6 Å². The lowest BCUT2D eigenvalue weighted by Gasteiger charge is -2.23. The molecule has 2 atom stereocenters. The monoisotopic (exact) mass is 409 g/mol. The van der Waals surface area contributed by atoms with E-state index in [1.54, 1.807) is 19.1 Å². The number of carbonyl (C=O) groups is 1. The third kappa shape index (κ3) is 4.32. The average Bonchev–Trinajstić information content (AvgIpc) is 3.12. The van der Waals surface area contributed by atoms with Crippen LogP contribution in [0.1, 0.15) is 25.0 Å². The second-order valence-electron chi connectivity index (χ2n) is 6.58. The van der Waals surface area contributed by atoms with Crippen LogP contribution in [0.15, 0.2) is 53.4 Å². The van der Waals surface area contributed by atoms with E-state index >= 15 is 0 Å². The van der Waals surface area contributed by atoms with Crippen LogP contribution in [0.25, 0.3) is 0 Å². The van der Waals surface area contributed by atoms with Crippen molar-refractivity contribution in [3.05, 3.63) is 59.9 Å². The summed E-state index contributed by atoms with van der Waals surface area (Å²) < 4.78 is 51.2. The molecule has 1 saturated heterocycles. The van der Waals surface area contributed by atoms with Crippen molar-refractivity contribution in [2.24, 2.45) is 0 Å². The van der Waals surface area contributed by atoms with E-state index < -0.39 is 21.5 Å². The van der Waals surface area contributed by atoms with Crippen molar-refractivity contribution in [2.75, 3.05) is 13.2 Å². The molecule has 9 heteroatoms. The largest absolute Gasteiger partial charge is 0.486 e. The summed E-state index contributed by atoms with van der Waals surface area (Å²) in [5.74, 6) is -1.20.